The van der Waals surface area contributed by atoms with Crippen molar-refractivity contribution in [2.75, 3.05) is 0 Å². The van der Waals surface area contributed by atoms with Crippen molar-refractivity contribution in [3.05, 3.63) is 46.6 Å². The summed E-state index contributed by atoms with van der Waals surface area (Å²) in [4.78, 5) is 11.7. The van der Waals surface area contributed by atoms with E-state index in [2.05, 4.69) is 26.0 Å². The van der Waals surface area contributed by atoms with Crippen LogP contribution in [0.15, 0.2) is 46.6 Å². The maximum Gasteiger partial charge on any atom is 0.178 e. The van der Waals surface area contributed by atoms with Gasteiger partial charge in [-0.3, -0.25) is 4.79 Å². The summed E-state index contributed by atoms with van der Waals surface area (Å²) >= 11 is 0. The molecular weight excluding hydrogens is 272 g/mol. The Hall–Kier alpha value is -1.41. The Labute approximate surface area is 132 Å². The van der Waals surface area contributed by atoms with Gasteiger partial charge in [-0.1, -0.05) is 30.2 Å². The van der Waals surface area contributed by atoms with Gasteiger partial charge in [0.25, 0.3) is 0 Å². The van der Waals surface area contributed by atoms with Gasteiger partial charge in [-0.05, 0) is 69.2 Å². The predicted molar refractivity (Wildman–Crippen MR) is 87.3 cm³/mol. The average molecular weight is 296 g/mol. The molecule has 2 heteroatoms. The molecule has 0 aromatic heterocycles. The van der Waals surface area contributed by atoms with Gasteiger partial charge in [-0.2, -0.15) is 0 Å². The minimum atomic E-state index is -0.629. The van der Waals surface area contributed by atoms with Crippen LogP contribution in [0.3, 0.4) is 0 Å². The zero-order valence-electron chi connectivity index (χ0n) is 13.7. The number of allylic oxidation sites excluding steroid dienone is 6. The van der Waals surface area contributed by atoms with E-state index >= 15 is 0 Å². The summed E-state index contributed by atoms with van der Waals surface area (Å²) in [7, 11) is 0. The highest BCUT2D eigenvalue weighted by Gasteiger charge is 2.54. The molecule has 22 heavy (non-hydrogen) atoms. The molecule has 0 bridgehead atoms. The molecule has 0 spiro atoms. The number of fused-ring (bicyclic) bond motifs is 4. The summed E-state index contributed by atoms with van der Waals surface area (Å²) in [6.07, 6.45) is 12.7. The lowest BCUT2D eigenvalue weighted by atomic mass is 9.55. The summed E-state index contributed by atoms with van der Waals surface area (Å²) in [5.74, 6) is 0.125. The molecule has 4 aliphatic carbocycles. The summed E-state index contributed by atoms with van der Waals surface area (Å²) in [6.45, 7) is 6.47. The van der Waals surface area contributed by atoms with Crippen LogP contribution in [0.5, 0.6) is 0 Å². The first-order valence-corrected chi connectivity index (χ1v) is 8.38. The first-order valence-electron chi connectivity index (χ1n) is 8.38. The Kier molecular flexibility index (Phi) is 2.65. The van der Waals surface area contributed by atoms with Crippen LogP contribution in [-0.4, -0.2) is 16.5 Å². The largest absolute Gasteiger partial charge is 0.389 e. The summed E-state index contributed by atoms with van der Waals surface area (Å²) in [5, 5.41) is 10.8. The van der Waals surface area contributed by atoms with Crippen LogP contribution >= 0.6 is 0 Å². The number of aliphatic hydroxyl groups is 1. The van der Waals surface area contributed by atoms with Gasteiger partial charge < -0.3 is 5.11 Å². The first-order chi connectivity index (χ1) is 10.3. The van der Waals surface area contributed by atoms with Gasteiger partial charge in [0.1, 0.15) is 0 Å². The lowest BCUT2D eigenvalue weighted by Gasteiger charge is -2.49. The van der Waals surface area contributed by atoms with Gasteiger partial charge in [0.15, 0.2) is 5.78 Å². The van der Waals surface area contributed by atoms with E-state index in [1.165, 1.54) is 22.3 Å². The zero-order chi connectivity index (χ0) is 15.8. The Morgan fingerprint density at radius 2 is 1.91 bits per heavy atom. The number of carbonyl (C=O) groups excluding carboxylic acids is 1. The predicted octanol–water partition coefficient (Wildman–Crippen LogP) is 4.03. The molecule has 116 valence electrons. The van der Waals surface area contributed by atoms with E-state index in [4.69, 9.17) is 0 Å². The van der Waals surface area contributed by atoms with E-state index < -0.39 is 5.60 Å². The van der Waals surface area contributed by atoms with E-state index in [0.717, 1.165) is 32.1 Å². The Bertz CT molecular complexity index is 701. The molecule has 0 saturated heterocycles. The van der Waals surface area contributed by atoms with Gasteiger partial charge in [-0.15, -0.1) is 0 Å². The Morgan fingerprint density at radius 3 is 2.68 bits per heavy atom. The van der Waals surface area contributed by atoms with Crippen molar-refractivity contribution in [3.8, 4) is 0 Å². The van der Waals surface area contributed by atoms with Gasteiger partial charge in [0.2, 0.25) is 0 Å². The molecule has 0 heterocycles. The van der Waals surface area contributed by atoms with Crippen molar-refractivity contribution in [1.82, 2.24) is 0 Å². The minimum Gasteiger partial charge on any atom is -0.389 e. The molecular formula is C20H24O2. The smallest absolute Gasteiger partial charge is 0.178 e. The van der Waals surface area contributed by atoms with E-state index in [1.807, 2.05) is 13.0 Å². The van der Waals surface area contributed by atoms with E-state index in [0.29, 0.717) is 0 Å². The van der Waals surface area contributed by atoms with Crippen LogP contribution in [0, 0.1) is 10.8 Å². The van der Waals surface area contributed by atoms with E-state index in [1.54, 1.807) is 6.08 Å². The second-order valence-electron chi connectivity index (χ2n) is 7.99. The molecule has 0 radical (unpaired) electrons. The van der Waals surface area contributed by atoms with Crippen LogP contribution in [0.4, 0.5) is 0 Å². The highest BCUT2D eigenvalue weighted by molar-refractivity contribution is 6.01. The van der Waals surface area contributed by atoms with Crippen molar-refractivity contribution in [2.24, 2.45) is 10.8 Å². The van der Waals surface area contributed by atoms with Crippen LogP contribution in [0.1, 0.15) is 52.9 Å². The summed E-state index contributed by atoms with van der Waals surface area (Å²) in [5.41, 5.74) is 4.77. The summed E-state index contributed by atoms with van der Waals surface area (Å²) in [6, 6.07) is 0. The third-order valence-corrected chi connectivity index (χ3v) is 6.89. The minimum absolute atomic E-state index is 0.0852. The van der Waals surface area contributed by atoms with Gasteiger partial charge in [0.05, 0.1) is 5.60 Å². The van der Waals surface area contributed by atoms with Crippen LogP contribution in [0.25, 0.3) is 0 Å². The lowest BCUT2D eigenvalue weighted by molar-refractivity contribution is -0.110. The molecule has 0 unspecified atom stereocenters. The highest BCUT2D eigenvalue weighted by Crippen LogP contribution is 2.62. The standard InChI is InChI=1S/C20H24O2/c1-18-9-6-14(21)12-13(18)4-5-15-16(18)7-10-19(2)17(15)8-11-20(19,3)22/h6,8-9,12,22H,4-5,7,10-11H2,1-3H3/t18-,19-,20-/m0/s1. The molecule has 0 fully saturated rings. The molecule has 0 saturated carbocycles. The fourth-order valence-corrected chi connectivity index (χ4v) is 5.06. The third kappa shape index (κ3) is 1.57. The van der Waals surface area contributed by atoms with Crippen molar-refractivity contribution in [2.45, 2.75) is 58.5 Å². The van der Waals surface area contributed by atoms with Gasteiger partial charge in [-0.25, -0.2) is 0 Å². The summed E-state index contributed by atoms with van der Waals surface area (Å²) < 4.78 is 0. The Balaban J connectivity index is 1.86. The maximum absolute atomic E-state index is 11.7. The maximum atomic E-state index is 11.7. The van der Waals surface area contributed by atoms with E-state index in [9.17, 15) is 9.90 Å². The number of hydrogen-bond donors (Lipinski definition) is 1. The van der Waals surface area contributed by atoms with Crippen LogP contribution in [-0.2, 0) is 4.79 Å². The van der Waals surface area contributed by atoms with Gasteiger partial charge >= 0.3 is 0 Å². The molecule has 0 aromatic rings. The average Bonchev–Trinajstić information content (AvgIpc) is 2.70. The van der Waals surface area contributed by atoms with Crippen molar-refractivity contribution in [1.29, 1.82) is 0 Å². The second-order valence-corrected chi connectivity index (χ2v) is 7.99. The highest BCUT2D eigenvalue weighted by atomic mass is 16.3. The molecule has 1 N–H and O–H groups in total. The van der Waals surface area contributed by atoms with Crippen molar-refractivity contribution < 1.29 is 9.90 Å². The fraction of sp³-hybridized carbons (Fsp3) is 0.550. The quantitative estimate of drug-likeness (QED) is 0.733. The second kappa shape index (κ2) is 4.11. The number of carbonyl (C=O) groups is 1. The number of ketones is 1. The topological polar surface area (TPSA) is 37.3 Å². The van der Waals surface area contributed by atoms with Crippen molar-refractivity contribution >= 4 is 5.78 Å². The van der Waals surface area contributed by atoms with Crippen LogP contribution in [0.2, 0.25) is 0 Å². The molecule has 4 aliphatic rings. The molecule has 0 aromatic carbocycles. The van der Waals surface area contributed by atoms with E-state index in [-0.39, 0.29) is 16.6 Å². The third-order valence-electron chi connectivity index (χ3n) is 6.89. The first kappa shape index (κ1) is 14.2. The number of rotatable bonds is 0. The SMILES string of the molecule is C[C@]12C=CC(=O)C=C1CCC1=C2CC[C@@]2(C)C1=CC[C@]2(C)O. The normalized spacial score (nSPS) is 43.4. The van der Waals surface area contributed by atoms with Crippen molar-refractivity contribution in [3.63, 3.8) is 0 Å². The molecule has 2 nitrogen and oxygen atoms in total. The van der Waals surface area contributed by atoms with Crippen LogP contribution < -0.4 is 0 Å². The molecule has 0 amide bonds. The Morgan fingerprint density at radius 1 is 1.14 bits per heavy atom. The fourth-order valence-electron chi connectivity index (χ4n) is 5.06. The monoisotopic (exact) mass is 296 g/mol. The lowest BCUT2D eigenvalue weighted by Crippen LogP contribution is -2.45. The number of hydrogen-bond acceptors (Lipinski definition) is 2. The molecule has 3 atom stereocenters. The van der Waals surface area contributed by atoms with Gasteiger partial charge in [0, 0.05) is 10.8 Å². The molecule has 4 rings (SSSR count). The zero-order valence-corrected chi connectivity index (χ0v) is 13.7. The molecule has 0 aliphatic heterocycles.